The number of carbonyl (C=O) groups is 2. The van der Waals surface area contributed by atoms with Crippen molar-refractivity contribution < 1.29 is 28.9 Å². The van der Waals surface area contributed by atoms with E-state index >= 15 is 0 Å². The molecule has 0 bridgehead atoms. The highest BCUT2D eigenvalue weighted by Gasteiger charge is 2.33. The molecule has 0 aliphatic carbocycles. The normalized spacial score (nSPS) is 29.6. The Balaban J connectivity index is 2.50. The van der Waals surface area contributed by atoms with Crippen LogP contribution in [-0.2, 0) is 23.8 Å². The van der Waals surface area contributed by atoms with Gasteiger partial charge in [-0.25, -0.2) is 0 Å². The lowest BCUT2D eigenvalue weighted by molar-refractivity contribution is -0.221. The summed E-state index contributed by atoms with van der Waals surface area (Å²) in [6, 6.07) is 0. The molecule has 16 heavy (non-hydrogen) atoms. The summed E-state index contributed by atoms with van der Waals surface area (Å²) in [5, 5.41) is 9.29. The quantitative estimate of drug-likeness (QED) is 0.688. The summed E-state index contributed by atoms with van der Waals surface area (Å²) < 4.78 is 14.9. The molecule has 1 N–H and O–H groups in total. The molecule has 0 aromatic rings. The van der Waals surface area contributed by atoms with Gasteiger partial charge in [-0.2, -0.15) is 0 Å². The van der Waals surface area contributed by atoms with Crippen LogP contribution in [0.2, 0.25) is 0 Å². The second-order valence-corrected chi connectivity index (χ2v) is 3.66. The van der Waals surface area contributed by atoms with Crippen LogP contribution in [0.5, 0.6) is 0 Å². The highest BCUT2D eigenvalue weighted by Crippen LogP contribution is 2.21. The number of hydrogen-bond acceptors (Lipinski definition) is 6. The molecule has 1 saturated heterocycles. The Labute approximate surface area is 93.5 Å². The average Bonchev–Trinajstić information content (AvgIpc) is 2.17. The zero-order valence-corrected chi connectivity index (χ0v) is 9.34. The molecular weight excluding hydrogens is 216 g/mol. The molecule has 0 aromatic heterocycles. The van der Waals surface area contributed by atoms with Crippen molar-refractivity contribution in [1.82, 2.24) is 0 Å². The third-order valence-corrected chi connectivity index (χ3v) is 2.21. The smallest absolute Gasteiger partial charge is 0.302 e. The van der Waals surface area contributed by atoms with Gasteiger partial charge in [-0.3, -0.25) is 9.59 Å². The van der Waals surface area contributed by atoms with Gasteiger partial charge in [0.1, 0.15) is 18.8 Å². The van der Waals surface area contributed by atoms with Gasteiger partial charge in [-0.05, 0) is 6.42 Å². The summed E-state index contributed by atoms with van der Waals surface area (Å²) in [4.78, 5) is 21.5. The van der Waals surface area contributed by atoms with Crippen molar-refractivity contribution in [2.24, 2.45) is 0 Å². The van der Waals surface area contributed by atoms with Crippen molar-refractivity contribution in [2.75, 3.05) is 6.61 Å². The fourth-order valence-electron chi connectivity index (χ4n) is 1.54. The lowest BCUT2D eigenvalue weighted by atomic mass is 10.1. The monoisotopic (exact) mass is 232 g/mol. The van der Waals surface area contributed by atoms with Crippen molar-refractivity contribution in [3.8, 4) is 0 Å². The summed E-state index contributed by atoms with van der Waals surface area (Å²) in [5.74, 6) is -0.858. The van der Waals surface area contributed by atoms with Crippen LogP contribution in [0, 0.1) is 0 Å². The van der Waals surface area contributed by atoms with E-state index in [0.29, 0.717) is 12.8 Å². The molecule has 1 fully saturated rings. The molecule has 6 nitrogen and oxygen atoms in total. The number of esters is 2. The third kappa shape index (κ3) is 4.16. The van der Waals surface area contributed by atoms with Gasteiger partial charge in [0, 0.05) is 20.3 Å². The fourth-order valence-corrected chi connectivity index (χ4v) is 1.54. The Kier molecular flexibility index (Phi) is 4.70. The first-order valence-electron chi connectivity index (χ1n) is 5.13. The molecule has 1 aliphatic rings. The van der Waals surface area contributed by atoms with Crippen LogP contribution >= 0.6 is 0 Å². The van der Waals surface area contributed by atoms with E-state index in [1.165, 1.54) is 13.8 Å². The Morgan fingerprint density at radius 2 is 2.00 bits per heavy atom. The number of rotatable bonds is 3. The van der Waals surface area contributed by atoms with Gasteiger partial charge in [0.2, 0.25) is 0 Å². The highest BCUT2D eigenvalue weighted by molar-refractivity contribution is 5.66. The van der Waals surface area contributed by atoms with Crippen LogP contribution in [0.15, 0.2) is 0 Å². The van der Waals surface area contributed by atoms with E-state index in [2.05, 4.69) is 0 Å². The molecular formula is C10H16O6. The lowest BCUT2D eigenvalue weighted by Gasteiger charge is -2.33. The van der Waals surface area contributed by atoms with Crippen LogP contribution in [0.25, 0.3) is 0 Å². The van der Waals surface area contributed by atoms with E-state index in [1.807, 2.05) is 0 Å². The average molecular weight is 232 g/mol. The SMILES string of the molecule is CC(=O)OC[C@H]1OC(O)CCC1OC(C)=O. The number of aliphatic hydroxyl groups excluding tert-OH is 1. The molecule has 1 aliphatic heterocycles. The lowest BCUT2D eigenvalue weighted by Crippen LogP contribution is -2.44. The highest BCUT2D eigenvalue weighted by atomic mass is 16.6. The number of aliphatic hydroxyl groups is 1. The van der Waals surface area contributed by atoms with E-state index in [9.17, 15) is 14.7 Å². The summed E-state index contributed by atoms with van der Waals surface area (Å²) in [6.07, 6.45) is -1.08. The Hall–Kier alpha value is -1.14. The van der Waals surface area contributed by atoms with Gasteiger partial charge in [-0.15, -0.1) is 0 Å². The van der Waals surface area contributed by atoms with Crippen molar-refractivity contribution in [1.29, 1.82) is 0 Å². The van der Waals surface area contributed by atoms with Gasteiger partial charge in [0.25, 0.3) is 0 Å². The molecule has 1 heterocycles. The van der Waals surface area contributed by atoms with Crippen molar-refractivity contribution in [3.05, 3.63) is 0 Å². The Morgan fingerprint density at radius 1 is 1.31 bits per heavy atom. The minimum absolute atomic E-state index is 0.0235. The second-order valence-electron chi connectivity index (χ2n) is 3.66. The molecule has 0 radical (unpaired) electrons. The summed E-state index contributed by atoms with van der Waals surface area (Å²) >= 11 is 0. The molecule has 3 atom stereocenters. The zero-order valence-electron chi connectivity index (χ0n) is 9.34. The Bertz CT molecular complexity index is 264. The van der Waals surface area contributed by atoms with Gasteiger partial charge in [-0.1, -0.05) is 0 Å². The van der Waals surface area contributed by atoms with E-state index in [1.54, 1.807) is 0 Å². The fraction of sp³-hybridized carbons (Fsp3) is 0.800. The molecule has 92 valence electrons. The van der Waals surface area contributed by atoms with Crippen LogP contribution in [0.1, 0.15) is 26.7 Å². The topological polar surface area (TPSA) is 82.1 Å². The standard InChI is InChI=1S/C10H16O6/c1-6(11)14-5-9-8(15-7(2)12)3-4-10(13)16-9/h8-10,13H,3-5H2,1-2H3/t8?,9-,10?/m1/s1. The Morgan fingerprint density at radius 3 is 2.56 bits per heavy atom. The van der Waals surface area contributed by atoms with E-state index in [4.69, 9.17) is 14.2 Å². The molecule has 0 spiro atoms. The number of ether oxygens (including phenoxy) is 3. The minimum Gasteiger partial charge on any atom is -0.463 e. The van der Waals surface area contributed by atoms with Crippen LogP contribution in [0.4, 0.5) is 0 Å². The molecule has 0 saturated carbocycles. The predicted octanol–water partition coefficient (Wildman–Crippen LogP) is -0.0214. The summed E-state index contributed by atoms with van der Waals surface area (Å²) in [7, 11) is 0. The maximum absolute atomic E-state index is 10.8. The molecule has 2 unspecified atom stereocenters. The summed E-state index contributed by atoms with van der Waals surface area (Å²) in [6.45, 7) is 2.55. The van der Waals surface area contributed by atoms with Crippen molar-refractivity contribution in [3.63, 3.8) is 0 Å². The van der Waals surface area contributed by atoms with Gasteiger partial charge in [0.05, 0.1) is 0 Å². The van der Waals surface area contributed by atoms with Crippen LogP contribution in [0.3, 0.4) is 0 Å². The van der Waals surface area contributed by atoms with Gasteiger partial charge in [0.15, 0.2) is 6.29 Å². The molecule has 0 amide bonds. The first kappa shape index (κ1) is 12.9. The molecule has 6 heteroatoms. The zero-order chi connectivity index (χ0) is 12.1. The van der Waals surface area contributed by atoms with Crippen molar-refractivity contribution >= 4 is 11.9 Å². The minimum atomic E-state index is -0.896. The van der Waals surface area contributed by atoms with Crippen LogP contribution < -0.4 is 0 Å². The maximum Gasteiger partial charge on any atom is 0.302 e. The predicted molar refractivity (Wildman–Crippen MR) is 52.3 cm³/mol. The number of hydrogen-bond donors (Lipinski definition) is 1. The second kappa shape index (κ2) is 5.81. The molecule has 1 rings (SSSR count). The first-order chi connectivity index (χ1) is 7.49. The van der Waals surface area contributed by atoms with E-state index in [-0.39, 0.29) is 6.61 Å². The van der Waals surface area contributed by atoms with Crippen LogP contribution in [-0.4, -0.2) is 42.1 Å². The first-order valence-corrected chi connectivity index (χ1v) is 5.13. The largest absolute Gasteiger partial charge is 0.463 e. The summed E-state index contributed by atoms with van der Waals surface area (Å²) in [5.41, 5.74) is 0. The van der Waals surface area contributed by atoms with Crippen molar-refractivity contribution in [2.45, 2.75) is 45.2 Å². The van der Waals surface area contributed by atoms with E-state index < -0.39 is 30.4 Å². The van der Waals surface area contributed by atoms with Gasteiger partial charge >= 0.3 is 11.9 Å². The van der Waals surface area contributed by atoms with Gasteiger partial charge < -0.3 is 19.3 Å². The molecule has 0 aromatic carbocycles. The maximum atomic E-state index is 10.8. The number of carbonyl (C=O) groups excluding carboxylic acids is 2. The third-order valence-electron chi connectivity index (χ3n) is 2.21. The van der Waals surface area contributed by atoms with E-state index in [0.717, 1.165) is 0 Å².